The first kappa shape index (κ1) is 16.5. The van der Waals surface area contributed by atoms with Gasteiger partial charge in [-0.1, -0.05) is 34.5 Å². The lowest BCUT2D eigenvalue weighted by atomic mass is 10.2. The lowest BCUT2D eigenvalue weighted by Crippen LogP contribution is -2.26. The maximum Gasteiger partial charge on any atom is 0.305 e. The summed E-state index contributed by atoms with van der Waals surface area (Å²) < 4.78 is 26.1. The molecule has 1 aromatic carbocycles. The van der Waals surface area contributed by atoms with E-state index in [2.05, 4.69) is 4.98 Å². The molecule has 1 aromatic heterocycles. The van der Waals surface area contributed by atoms with Gasteiger partial charge in [0.25, 0.3) is 10.0 Å². The Morgan fingerprint density at radius 2 is 1.81 bits per heavy atom. The fraction of sp³-hybridized carbons (Fsp3) is 0.250. The van der Waals surface area contributed by atoms with E-state index < -0.39 is 14.9 Å². The van der Waals surface area contributed by atoms with Crippen molar-refractivity contribution in [2.24, 2.45) is 0 Å². The molecule has 0 saturated heterocycles. The van der Waals surface area contributed by atoms with Crippen LogP contribution in [0.3, 0.4) is 0 Å². The summed E-state index contributed by atoms with van der Waals surface area (Å²) in [5.41, 5.74) is 1.00. The van der Waals surface area contributed by atoms with E-state index in [1.807, 2.05) is 0 Å². The number of benzene rings is 1. The van der Waals surface area contributed by atoms with Crippen molar-refractivity contribution in [1.82, 2.24) is 9.29 Å². The molecule has 1 N–H and O–H groups in total. The van der Waals surface area contributed by atoms with E-state index in [0.717, 1.165) is 4.31 Å². The van der Waals surface area contributed by atoms with Crippen molar-refractivity contribution in [2.75, 3.05) is 7.05 Å². The normalized spacial score (nSPS) is 12.0. The number of hydrogen-bond acceptors (Lipinski definition) is 4. The Hall–Kier alpha value is -0.860. The van der Waals surface area contributed by atoms with Gasteiger partial charge in [-0.15, -0.1) is 0 Å². The van der Waals surface area contributed by atoms with Crippen molar-refractivity contribution in [2.45, 2.75) is 17.7 Å². The van der Waals surface area contributed by atoms with Crippen molar-refractivity contribution in [1.29, 1.82) is 0 Å². The number of aromatic nitrogens is 1. The van der Waals surface area contributed by atoms with E-state index in [0.29, 0.717) is 32.6 Å². The maximum absolute atomic E-state index is 12.5. The summed E-state index contributed by atoms with van der Waals surface area (Å²) in [7, 11) is -2.30. The van der Waals surface area contributed by atoms with Gasteiger partial charge in [0, 0.05) is 29.3 Å². The molecule has 0 atom stereocenters. The summed E-state index contributed by atoms with van der Waals surface area (Å²) in [5.74, 6) is 0. The van der Waals surface area contributed by atoms with E-state index in [1.54, 1.807) is 25.1 Å². The first-order chi connectivity index (χ1) is 9.70. The topological polar surface area (TPSA) is 70.2 Å². The standard InChI is InChI=1S/C12H12Cl2N2O3S2/c1-7-11(20-12(17)15-7)21(18,19)16(2)6-8-3-9(13)5-10(14)4-8/h3-5H,6H2,1-2H3,(H,15,17). The molecule has 0 bridgehead atoms. The molecule has 114 valence electrons. The van der Waals surface area contributed by atoms with Crippen LogP contribution in [0.1, 0.15) is 11.3 Å². The predicted molar refractivity (Wildman–Crippen MR) is 84.8 cm³/mol. The fourth-order valence-corrected chi connectivity index (χ4v) is 5.04. The van der Waals surface area contributed by atoms with Crippen LogP contribution >= 0.6 is 34.5 Å². The smallest absolute Gasteiger partial charge is 0.305 e. The average Bonchev–Trinajstić information content (AvgIpc) is 2.67. The summed E-state index contributed by atoms with van der Waals surface area (Å²) in [6.45, 7) is 1.66. The quantitative estimate of drug-likeness (QED) is 0.903. The molecular formula is C12H12Cl2N2O3S2. The molecule has 0 radical (unpaired) electrons. The number of nitrogens with zero attached hydrogens (tertiary/aromatic N) is 1. The number of thiazole rings is 1. The van der Waals surface area contributed by atoms with E-state index in [9.17, 15) is 13.2 Å². The first-order valence-electron chi connectivity index (χ1n) is 5.81. The van der Waals surface area contributed by atoms with Crippen LogP contribution in [0.15, 0.2) is 27.2 Å². The number of sulfonamides is 1. The highest BCUT2D eigenvalue weighted by Crippen LogP contribution is 2.24. The van der Waals surface area contributed by atoms with E-state index in [-0.39, 0.29) is 10.8 Å². The summed E-state index contributed by atoms with van der Waals surface area (Å²) in [4.78, 5) is 13.3. The van der Waals surface area contributed by atoms with Crippen molar-refractivity contribution >= 4 is 44.6 Å². The van der Waals surface area contributed by atoms with Crippen molar-refractivity contribution in [3.8, 4) is 0 Å². The van der Waals surface area contributed by atoms with Crippen LogP contribution in [0.25, 0.3) is 0 Å². The van der Waals surface area contributed by atoms with Gasteiger partial charge in [0.1, 0.15) is 0 Å². The lowest BCUT2D eigenvalue weighted by molar-refractivity contribution is 0.468. The highest BCUT2D eigenvalue weighted by Gasteiger charge is 2.25. The summed E-state index contributed by atoms with van der Waals surface area (Å²) in [5, 5.41) is 0.872. The van der Waals surface area contributed by atoms with Crippen LogP contribution in [0.5, 0.6) is 0 Å². The second kappa shape index (κ2) is 6.10. The fourth-order valence-electron chi connectivity index (χ4n) is 1.82. The van der Waals surface area contributed by atoms with Gasteiger partial charge in [0.2, 0.25) is 0 Å². The third-order valence-electron chi connectivity index (χ3n) is 2.75. The zero-order chi connectivity index (χ0) is 15.8. The summed E-state index contributed by atoms with van der Waals surface area (Å²) in [6.07, 6.45) is 0. The van der Waals surface area contributed by atoms with Crippen LogP contribution in [0.2, 0.25) is 10.0 Å². The minimum absolute atomic E-state index is 0.0168. The Bertz CT molecular complexity index is 807. The van der Waals surface area contributed by atoms with Gasteiger partial charge >= 0.3 is 4.87 Å². The molecule has 0 spiro atoms. The Balaban J connectivity index is 2.33. The van der Waals surface area contributed by atoms with E-state index in [1.165, 1.54) is 7.05 Å². The van der Waals surface area contributed by atoms with Crippen LogP contribution in [-0.4, -0.2) is 24.8 Å². The molecule has 9 heteroatoms. The zero-order valence-corrected chi connectivity index (χ0v) is 14.3. The molecule has 0 amide bonds. The minimum Gasteiger partial charge on any atom is -0.315 e. The second-order valence-corrected chi connectivity index (χ2v) is 8.56. The molecule has 2 aromatic rings. The van der Waals surface area contributed by atoms with Crippen LogP contribution < -0.4 is 4.87 Å². The van der Waals surface area contributed by atoms with Crippen molar-refractivity contribution in [3.05, 3.63) is 49.2 Å². The molecule has 1 heterocycles. The monoisotopic (exact) mass is 366 g/mol. The Labute approximate surface area is 136 Å². The number of aryl methyl sites for hydroxylation is 1. The van der Waals surface area contributed by atoms with Gasteiger partial charge in [-0.2, -0.15) is 4.31 Å². The van der Waals surface area contributed by atoms with Gasteiger partial charge in [0.15, 0.2) is 4.21 Å². The minimum atomic E-state index is -3.74. The number of H-pyrrole nitrogens is 1. The van der Waals surface area contributed by atoms with E-state index in [4.69, 9.17) is 23.2 Å². The SMILES string of the molecule is Cc1[nH]c(=O)sc1S(=O)(=O)N(C)Cc1cc(Cl)cc(Cl)c1. The molecular weight excluding hydrogens is 355 g/mol. The van der Waals surface area contributed by atoms with E-state index >= 15 is 0 Å². The number of hydrogen-bond donors (Lipinski definition) is 1. The summed E-state index contributed by atoms with van der Waals surface area (Å²) >= 11 is 12.5. The van der Waals surface area contributed by atoms with Crippen molar-refractivity contribution < 1.29 is 8.42 Å². The molecule has 0 aliphatic heterocycles. The number of halogens is 2. The molecule has 21 heavy (non-hydrogen) atoms. The molecule has 0 fully saturated rings. The molecule has 0 aliphatic carbocycles. The van der Waals surface area contributed by atoms with Gasteiger partial charge < -0.3 is 4.98 Å². The third kappa shape index (κ3) is 3.67. The second-order valence-electron chi connectivity index (χ2n) is 4.47. The van der Waals surface area contributed by atoms with Crippen LogP contribution in [0.4, 0.5) is 0 Å². The molecule has 0 unspecified atom stereocenters. The highest BCUT2D eigenvalue weighted by atomic mass is 35.5. The predicted octanol–water partition coefficient (Wildman–Crippen LogP) is 2.87. The van der Waals surface area contributed by atoms with Crippen molar-refractivity contribution in [3.63, 3.8) is 0 Å². The largest absolute Gasteiger partial charge is 0.315 e. The average molecular weight is 367 g/mol. The molecule has 0 saturated carbocycles. The summed E-state index contributed by atoms with van der Waals surface area (Å²) in [6, 6.07) is 4.86. The number of nitrogens with one attached hydrogen (secondary N) is 1. The maximum atomic E-state index is 12.5. The number of aromatic amines is 1. The molecule has 2 rings (SSSR count). The van der Waals surface area contributed by atoms with Gasteiger partial charge in [0.05, 0.1) is 0 Å². The van der Waals surface area contributed by atoms with Gasteiger partial charge in [-0.05, 0) is 30.7 Å². The Morgan fingerprint density at radius 1 is 1.24 bits per heavy atom. The van der Waals surface area contributed by atoms with Gasteiger partial charge in [-0.25, -0.2) is 8.42 Å². The molecule has 0 aliphatic rings. The third-order valence-corrected chi connectivity index (χ3v) is 6.58. The Kier molecular flexibility index (Phi) is 4.79. The molecule has 5 nitrogen and oxygen atoms in total. The highest BCUT2D eigenvalue weighted by molar-refractivity contribution is 7.91. The Morgan fingerprint density at radius 3 is 2.29 bits per heavy atom. The van der Waals surface area contributed by atoms with Crippen LogP contribution in [0, 0.1) is 6.92 Å². The zero-order valence-electron chi connectivity index (χ0n) is 11.2. The lowest BCUT2D eigenvalue weighted by Gasteiger charge is -2.16. The van der Waals surface area contributed by atoms with Crippen LogP contribution in [-0.2, 0) is 16.6 Å². The number of rotatable bonds is 4. The van der Waals surface area contributed by atoms with Gasteiger partial charge in [-0.3, -0.25) is 4.79 Å². The first-order valence-corrected chi connectivity index (χ1v) is 8.82.